The molecule has 1 aliphatic heterocycles. The Hall–Kier alpha value is -3.27. The van der Waals surface area contributed by atoms with Crippen molar-refractivity contribution in [1.82, 2.24) is 10.6 Å². The number of alkyl halides is 3. The number of nitrogens with one attached hydrogen (secondary N) is 2. The van der Waals surface area contributed by atoms with Crippen molar-refractivity contribution in [2.75, 3.05) is 7.11 Å². The molecule has 0 aliphatic carbocycles. The second-order valence-corrected chi connectivity index (χ2v) is 6.48. The van der Waals surface area contributed by atoms with Crippen LogP contribution >= 0.6 is 0 Å². The van der Waals surface area contributed by atoms with Gasteiger partial charge in [0.25, 0.3) is 0 Å². The highest BCUT2D eigenvalue weighted by Gasteiger charge is 2.66. The molecular formula is C19H17F3N2O5. The van der Waals surface area contributed by atoms with E-state index in [0.717, 1.165) is 6.07 Å². The monoisotopic (exact) mass is 410 g/mol. The van der Waals surface area contributed by atoms with Gasteiger partial charge in [0.15, 0.2) is 17.3 Å². The number of phenols is 1. The summed E-state index contributed by atoms with van der Waals surface area (Å²) in [4.78, 5) is 25.0. The molecule has 0 bridgehead atoms. The Morgan fingerprint density at radius 3 is 2.41 bits per heavy atom. The van der Waals surface area contributed by atoms with Gasteiger partial charge in [-0.3, -0.25) is 4.79 Å². The molecule has 0 spiro atoms. The number of hydrogen-bond acceptors (Lipinski definition) is 5. The topological polar surface area (TPSA) is 108 Å². The lowest BCUT2D eigenvalue weighted by Crippen LogP contribution is -2.72. The van der Waals surface area contributed by atoms with Crippen molar-refractivity contribution in [3.8, 4) is 11.5 Å². The van der Waals surface area contributed by atoms with Crippen LogP contribution in [0.5, 0.6) is 11.5 Å². The van der Waals surface area contributed by atoms with E-state index in [4.69, 9.17) is 4.74 Å². The van der Waals surface area contributed by atoms with Crippen LogP contribution in [0.1, 0.15) is 22.0 Å². The number of methoxy groups -OCH3 is 1. The lowest BCUT2D eigenvalue weighted by atomic mass is 9.77. The minimum absolute atomic E-state index is 0.0338. The first-order valence-corrected chi connectivity index (χ1v) is 8.42. The van der Waals surface area contributed by atoms with Crippen molar-refractivity contribution in [2.24, 2.45) is 5.92 Å². The van der Waals surface area contributed by atoms with Crippen LogP contribution < -0.4 is 15.4 Å². The maximum atomic E-state index is 13.8. The van der Waals surface area contributed by atoms with Gasteiger partial charge in [-0.25, -0.2) is 4.79 Å². The van der Waals surface area contributed by atoms with Crippen LogP contribution in [0, 0.1) is 5.92 Å². The van der Waals surface area contributed by atoms with Crippen LogP contribution in [0.25, 0.3) is 0 Å². The Balaban J connectivity index is 2.18. The zero-order valence-electron chi connectivity index (χ0n) is 15.0. The van der Waals surface area contributed by atoms with Crippen molar-refractivity contribution in [2.45, 2.75) is 17.9 Å². The summed E-state index contributed by atoms with van der Waals surface area (Å²) in [5, 5.41) is 23.9. The van der Waals surface area contributed by atoms with Crippen LogP contribution in [0.3, 0.4) is 0 Å². The van der Waals surface area contributed by atoms with E-state index in [1.165, 1.54) is 48.8 Å². The largest absolute Gasteiger partial charge is 0.504 e. The summed E-state index contributed by atoms with van der Waals surface area (Å²) in [7, 11) is 1.23. The van der Waals surface area contributed by atoms with Crippen LogP contribution in [0.15, 0.2) is 48.5 Å². The predicted molar refractivity (Wildman–Crippen MR) is 94.3 cm³/mol. The molecule has 0 aromatic heterocycles. The number of phenolic OH excluding ortho intramolecular Hbond substituents is 1. The molecule has 1 heterocycles. The maximum absolute atomic E-state index is 13.8. The number of Topliss-reactive ketones (excluding diaryl/α,β-unsaturated/α-hetero) is 1. The summed E-state index contributed by atoms with van der Waals surface area (Å²) >= 11 is 0. The Labute approximate surface area is 163 Å². The van der Waals surface area contributed by atoms with Gasteiger partial charge >= 0.3 is 12.2 Å². The van der Waals surface area contributed by atoms with Gasteiger partial charge in [-0.1, -0.05) is 36.4 Å². The molecule has 0 radical (unpaired) electrons. The average molecular weight is 410 g/mol. The average Bonchev–Trinajstić information content (AvgIpc) is 2.67. The molecule has 0 saturated carbocycles. The van der Waals surface area contributed by atoms with E-state index in [0.29, 0.717) is 0 Å². The van der Waals surface area contributed by atoms with E-state index < -0.39 is 35.7 Å². The molecule has 29 heavy (non-hydrogen) atoms. The summed E-state index contributed by atoms with van der Waals surface area (Å²) in [5.41, 5.74) is -3.86. The number of carbonyl (C=O) groups is 2. The summed E-state index contributed by atoms with van der Waals surface area (Å²) < 4.78 is 46.4. The molecule has 3 atom stereocenters. The van der Waals surface area contributed by atoms with E-state index >= 15 is 0 Å². The number of ether oxygens (including phenoxy) is 1. The molecule has 154 valence electrons. The van der Waals surface area contributed by atoms with E-state index in [-0.39, 0.29) is 22.6 Å². The number of urea groups is 1. The molecular weight excluding hydrogens is 393 g/mol. The highest BCUT2D eigenvalue weighted by Crippen LogP contribution is 2.44. The summed E-state index contributed by atoms with van der Waals surface area (Å²) in [6, 6.07) is 7.84. The molecule has 3 rings (SSSR count). The first-order chi connectivity index (χ1) is 13.6. The SMILES string of the molecule is COc1cc(C2NC(=O)NC(O)(C(F)(F)F)C2C(=O)c2ccccc2)ccc1O. The Kier molecular flexibility index (Phi) is 5.14. The molecule has 7 nitrogen and oxygen atoms in total. The third-order valence-electron chi connectivity index (χ3n) is 4.71. The smallest absolute Gasteiger partial charge is 0.437 e. The Morgan fingerprint density at radius 1 is 1.17 bits per heavy atom. The number of rotatable bonds is 4. The van der Waals surface area contributed by atoms with Gasteiger partial charge in [-0.2, -0.15) is 13.2 Å². The molecule has 2 amide bonds. The van der Waals surface area contributed by atoms with Gasteiger partial charge in [-0.05, 0) is 17.7 Å². The molecule has 1 aliphatic rings. The minimum atomic E-state index is -5.35. The van der Waals surface area contributed by atoms with Crippen molar-refractivity contribution >= 4 is 11.8 Å². The summed E-state index contributed by atoms with van der Waals surface area (Å²) in [5.74, 6) is -3.54. The zero-order chi connectivity index (χ0) is 21.4. The number of carbonyl (C=O) groups excluding carboxylic acids is 2. The van der Waals surface area contributed by atoms with Crippen molar-refractivity contribution in [1.29, 1.82) is 0 Å². The fraction of sp³-hybridized carbons (Fsp3) is 0.263. The molecule has 10 heteroatoms. The normalized spacial score (nSPS) is 24.4. The number of hydrogen-bond donors (Lipinski definition) is 4. The van der Waals surface area contributed by atoms with Gasteiger partial charge in [0, 0.05) is 5.56 Å². The highest BCUT2D eigenvalue weighted by molar-refractivity contribution is 6.00. The van der Waals surface area contributed by atoms with Gasteiger partial charge in [-0.15, -0.1) is 0 Å². The molecule has 2 aromatic carbocycles. The predicted octanol–water partition coefficient (Wildman–Crippen LogP) is 2.50. The van der Waals surface area contributed by atoms with E-state index in [9.17, 15) is 33.0 Å². The number of aliphatic hydroxyl groups is 1. The molecule has 1 fully saturated rings. The van der Waals surface area contributed by atoms with Crippen LogP contribution in [-0.2, 0) is 0 Å². The highest BCUT2D eigenvalue weighted by atomic mass is 19.4. The van der Waals surface area contributed by atoms with Crippen LogP contribution in [-0.4, -0.2) is 41.0 Å². The molecule has 4 N–H and O–H groups in total. The second-order valence-electron chi connectivity index (χ2n) is 6.48. The minimum Gasteiger partial charge on any atom is -0.504 e. The fourth-order valence-electron chi connectivity index (χ4n) is 3.29. The lowest BCUT2D eigenvalue weighted by Gasteiger charge is -2.45. The zero-order valence-corrected chi connectivity index (χ0v) is 15.0. The quantitative estimate of drug-likeness (QED) is 0.580. The van der Waals surface area contributed by atoms with Gasteiger partial charge in [0.2, 0.25) is 5.72 Å². The first-order valence-electron chi connectivity index (χ1n) is 8.42. The summed E-state index contributed by atoms with van der Waals surface area (Å²) in [6.45, 7) is 0. The number of halogens is 3. The number of benzene rings is 2. The number of ketones is 1. The molecule has 1 saturated heterocycles. The van der Waals surface area contributed by atoms with Gasteiger partial charge in [0.1, 0.15) is 5.92 Å². The second kappa shape index (κ2) is 7.28. The number of aromatic hydroxyl groups is 1. The number of amides is 2. The third kappa shape index (κ3) is 3.58. The van der Waals surface area contributed by atoms with Crippen molar-refractivity contribution in [3.63, 3.8) is 0 Å². The fourth-order valence-corrected chi connectivity index (χ4v) is 3.29. The van der Waals surface area contributed by atoms with Gasteiger partial charge in [0.05, 0.1) is 13.2 Å². The first kappa shape index (κ1) is 20.5. The van der Waals surface area contributed by atoms with Crippen molar-refractivity contribution < 1.29 is 37.7 Å². The standard InChI is InChI=1S/C19H17F3N2O5/c1-29-13-9-11(7-8-12(13)25)15-14(16(26)10-5-3-2-4-6-10)18(28,19(20,21)22)24-17(27)23-15/h2-9,14-15,25,28H,1H3,(H2,23,24,27). The lowest BCUT2D eigenvalue weighted by molar-refractivity contribution is -0.287. The van der Waals surface area contributed by atoms with Crippen LogP contribution in [0.2, 0.25) is 0 Å². The van der Waals surface area contributed by atoms with E-state index in [2.05, 4.69) is 5.32 Å². The maximum Gasteiger partial charge on any atom is 0.437 e. The van der Waals surface area contributed by atoms with Crippen molar-refractivity contribution in [3.05, 3.63) is 59.7 Å². The van der Waals surface area contributed by atoms with E-state index in [1.807, 2.05) is 0 Å². The van der Waals surface area contributed by atoms with Gasteiger partial charge < -0.3 is 25.6 Å². The Bertz CT molecular complexity index is 935. The molecule has 2 aromatic rings. The van der Waals surface area contributed by atoms with E-state index in [1.54, 1.807) is 6.07 Å². The Morgan fingerprint density at radius 2 is 1.83 bits per heavy atom. The molecule has 3 unspecified atom stereocenters. The summed E-state index contributed by atoms with van der Waals surface area (Å²) in [6.07, 6.45) is -5.35. The third-order valence-corrected chi connectivity index (χ3v) is 4.71. The van der Waals surface area contributed by atoms with Crippen LogP contribution in [0.4, 0.5) is 18.0 Å².